The molecule has 0 fully saturated rings. The van der Waals surface area contributed by atoms with Crippen molar-refractivity contribution >= 4 is 15.9 Å². The van der Waals surface area contributed by atoms with E-state index < -0.39 is 0 Å². The van der Waals surface area contributed by atoms with Crippen LogP contribution in [-0.2, 0) is 0 Å². The molecule has 0 bridgehead atoms. The SMILES string of the molecule is Cc1ccnc(Oc2ccccc2)c1Br. The Bertz CT molecular complexity index is 456. The van der Waals surface area contributed by atoms with E-state index in [9.17, 15) is 0 Å². The highest BCUT2D eigenvalue weighted by molar-refractivity contribution is 9.10. The van der Waals surface area contributed by atoms with E-state index in [0.717, 1.165) is 15.8 Å². The zero-order valence-corrected chi connectivity index (χ0v) is 9.86. The van der Waals surface area contributed by atoms with Crippen LogP contribution in [0.2, 0.25) is 0 Å². The number of pyridine rings is 1. The molecule has 0 spiro atoms. The maximum absolute atomic E-state index is 5.63. The monoisotopic (exact) mass is 263 g/mol. The molecule has 3 heteroatoms. The Morgan fingerprint density at radius 3 is 2.60 bits per heavy atom. The minimum Gasteiger partial charge on any atom is -0.438 e. The van der Waals surface area contributed by atoms with E-state index in [1.807, 2.05) is 43.3 Å². The summed E-state index contributed by atoms with van der Waals surface area (Å²) in [5, 5.41) is 0. The van der Waals surface area contributed by atoms with E-state index in [1.165, 1.54) is 0 Å². The van der Waals surface area contributed by atoms with Crippen molar-refractivity contribution in [3.05, 3.63) is 52.6 Å². The molecule has 2 aromatic rings. The largest absolute Gasteiger partial charge is 0.438 e. The summed E-state index contributed by atoms with van der Waals surface area (Å²) in [4.78, 5) is 4.17. The minimum atomic E-state index is 0.598. The van der Waals surface area contributed by atoms with Crippen LogP contribution in [0.1, 0.15) is 5.56 Å². The Labute approximate surface area is 97.1 Å². The van der Waals surface area contributed by atoms with Crippen LogP contribution >= 0.6 is 15.9 Å². The molecule has 15 heavy (non-hydrogen) atoms. The molecule has 0 aliphatic carbocycles. The first-order chi connectivity index (χ1) is 7.27. The lowest BCUT2D eigenvalue weighted by Crippen LogP contribution is -1.90. The number of nitrogens with zero attached hydrogens (tertiary/aromatic N) is 1. The molecule has 76 valence electrons. The summed E-state index contributed by atoms with van der Waals surface area (Å²) < 4.78 is 6.53. The van der Waals surface area contributed by atoms with Crippen molar-refractivity contribution in [2.45, 2.75) is 6.92 Å². The first kappa shape index (κ1) is 10.2. The number of para-hydroxylation sites is 1. The summed E-state index contributed by atoms with van der Waals surface area (Å²) in [6, 6.07) is 11.5. The smallest absolute Gasteiger partial charge is 0.233 e. The molecule has 0 saturated carbocycles. The number of ether oxygens (including phenoxy) is 1. The van der Waals surface area contributed by atoms with Crippen LogP contribution in [0.25, 0.3) is 0 Å². The van der Waals surface area contributed by atoms with Crippen molar-refractivity contribution in [3.63, 3.8) is 0 Å². The molecule has 1 aromatic carbocycles. The van der Waals surface area contributed by atoms with Gasteiger partial charge < -0.3 is 4.74 Å². The summed E-state index contributed by atoms with van der Waals surface area (Å²) in [6.45, 7) is 2.00. The molecular weight excluding hydrogens is 254 g/mol. The summed E-state index contributed by atoms with van der Waals surface area (Å²) in [7, 11) is 0. The van der Waals surface area contributed by atoms with Crippen LogP contribution in [0.4, 0.5) is 0 Å². The van der Waals surface area contributed by atoms with Crippen molar-refractivity contribution in [3.8, 4) is 11.6 Å². The van der Waals surface area contributed by atoms with Crippen molar-refractivity contribution in [2.24, 2.45) is 0 Å². The first-order valence-electron chi connectivity index (χ1n) is 4.61. The van der Waals surface area contributed by atoms with E-state index in [0.29, 0.717) is 5.88 Å². The third-order valence-corrected chi connectivity index (χ3v) is 2.97. The van der Waals surface area contributed by atoms with E-state index in [-0.39, 0.29) is 0 Å². The second kappa shape index (κ2) is 4.45. The van der Waals surface area contributed by atoms with Gasteiger partial charge in [0.15, 0.2) is 0 Å². The van der Waals surface area contributed by atoms with Gasteiger partial charge >= 0.3 is 0 Å². The van der Waals surface area contributed by atoms with Gasteiger partial charge in [0.2, 0.25) is 5.88 Å². The molecule has 0 amide bonds. The number of aromatic nitrogens is 1. The molecule has 0 aliphatic heterocycles. The third-order valence-electron chi connectivity index (χ3n) is 2.01. The standard InChI is InChI=1S/C12H10BrNO/c1-9-7-8-14-12(11(9)13)15-10-5-3-2-4-6-10/h2-8H,1H3. The van der Waals surface area contributed by atoms with Gasteiger partial charge in [-0.1, -0.05) is 18.2 Å². The van der Waals surface area contributed by atoms with Crippen LogP contribution in [0.5, 0.6) is 11.6 Å². The van der Waals surface area contributed by atoms with Gasteiger partial charge in [-0.3, -0.25) is 0 Å². The Morgan fingerprint density at radius 2 is 1.87 bits per heavy atom. The zero-order chi connectivity index (χ0) is 10.7. The van der Waals surface area contributed by atoms with Gasteiger partial charge in [-0.25, -0.2) is 4.98 Å². The van der Waals surface area contributed by atoms with Crippen molar-refractivity contribution < 1.29 is 4.74 Å². The molecule has 2 rings (SSSR count). The summed E-state index contributed by atoms with van der Waals surface area (Å²) >= 11 is 3.45. The van der Waals surface area contributed by atoms with Gasteiger partial charge in [0.05, 0.1) is 4.47 Å². The van der Waals surface area contributed by atoms with Gasteiger partial charge in [-0.2, -0.15) is 0 Å². The molecule has 0 unspecified atom stereocenters. The average Bonchev–Trinajstić information content (AvgIpc) is 2.26. The fourth-order valence-corrected chi connectivity index (χ4v) is 1.50. The van der Waals surface area contributed by atoms with E-state index >= 15 is 0 Å². The highest BCUT2D eigenvalue weighted by Crippen LogP contribution is 2.29. The zero-order valence-electron chi connectivity index (χ0n) is 8.27. The number of rotatable bonds is 2. The van der Waals surface area contributed by atoms with Gasteiger partial charge in [0.25, 0.3) is 0 Å². The van der Waals surface area contributed by atoms with E-state index in [2.05, 4.69) is 20.9 Å². The van der Waals surface area contributed by atoms with Crippen molar-refractivity contribution in [1.82, 2.24) is 4.98 Å². The van der Waals surface area contributed by atoms with Crippen LogP contribution < -0.4 is 4.74 Å². The summed E-state index contributed by atoms with van der Waals surface area (Å²) in [6.07, 6.45) is 1.73. The fourth-order valence-electron chi connectivity index (χ4n) is 1.19. The fraction of sp³-hybridized carbons (Fsp3) is 0.0833. The van der Waals surface area contributed by atoms with Crippen LogP contribution in [0, 0.1) is 6.92 Å². The normalized spacial score (nSPS) is 10.0. The molecule has 1 aromatic heterocycles. The predicted molar refractivity (Wildman–Crippen MR) is 63.2 cm³/mol. The van der Waals surface area contributed by atoms with E-state index in [4.69, 9.17) is 4.74 Å². The van der Waals surface area contributed by atoms with E-state index in [1.54, 1.807) is 6.20 Å². The minimum absolute atomic E-state index is 0.598. The topological polar surface area (TPSA) is 22.1 Å². The first-order valence-corrected chi connectivity index (χ1v) is 5.40. The maximum Gasteiger partial charge on any atom is 0.233 e. The highest BCUT2D eigenvalue weighted by atomic mass is 79.9. The quantitative estimate of drug-likeness (QED) is 0.819. The van der Waals surface area contributed by atoms with Gasteiger partial charge in [0, 0.05) is 6.20 Å². The molecule has 1 heterocycles. The number of aryl methyl sites for hydroxylation is 1. The maximum atomic E-state index is 5.63. The van der Waals surface area contributed by atoms with Gasteiger partial charge in [0.1, 0.15) is 5.75 Å². The molecular formula is C12H10BrNO. The highest BCUT2D eigenvalue weighted by Gasteiger charge is 2.05. The van der Waals surface area contributed by atoms with Crippen LogP contribution in [0.15, 0.2) is 47.1 Å². The number of benzene rings is 1. The van der Waals surface area contributed by atoms with Gasteiger partial charge in [-0.15, -0.1) is 0 Å². The molecule has 0 atom stereocenters. The third kappa shape index (κ3) is 2.36. The molecule has 0 aliphatic rings. The molecule has 0 radical (unpaired) electrons. The summed E-state index contributed by atoms with van der Waals surface area (Å²) in [5.41, 5.74) is 1.11. The number of hydrogen-bond donors (Lipinski definition) is 0. The lowest BCUT2D eigenvalue weighted by molar-refractivity contribution is 0.459. The Balaban J connectivity index is 2.29. The van der Waals surface area contributed by atoms with Crippen LogP contribution in [-0.4, -0.2) is 4.98 Å². The second-order valence-electron chi connectivity index (χ2n) is 3.16. The molecule has 0 saturated heterocycles. The predicted octanol–water partition coefficient (Wildman–Crippen LogP) is 3.94. The second-order valence-corrected chi connectivity index (χ2v) is 3.96. The summed E-state index contributed by atoms with van der Waals surface area (Å²) in [5.74, 6) is 1.39. The Hall–Kier alpha value is -1.35. The lowest BCUT2D eigenvalue weighted by Gasteiger charge is -2.07. The number of hydrogen-bond acceptors (Lipinski definition) is 2. The van der Waals surface area contributed by atoms with Crippen LogP contribution in [0.3, 0.4) is 0 Å². The van der Waals surface area contributed by atoms with Crippen molar-refractivity contribution in [1.29, 1.82) is 0 Å². The Morgan fingerprint density at radius 1 is 1.13 bits per heavy atom. The molecule has 2 nitrogen and oxygen atoms in total. The Kier molecular flexibility index (Phi) is 3.02. The average molecular weight is 264 g/mol. The van der Waals surface area contributed by atoms with Crippen molar-refractivity contribution in [2.75, 3.05) is 0 Å². The van der Waals surface area contributed by atoms with Gasteiger partial charge in [-0.05, 0) is 46.6 Å². The number of halogens is 1. The lowest BCUT2D eigenvalue weighted by atomic mass is 10.3. The molecule has 0 N–H and O–H groups in total.